The Kier molecular flexibility index (Phi) is 7.80. The zero-order chi connectivity index (χ0) is 27.2. The summed E-state index contributed by atoms with van der Waals surface area (Å²) >= 11 is 12.5. The Morgan fingerprint density at radius 2 is 1.89 bits per heavy atom. The molecule has 0 bridgehead atoms. The van der Waals surface area contributed by atoms with E-state index >= 15 is 0 Å². The molecule has 2 aromatic rings. The van der Waals surface area contributed by atoms with Crippen LogP contribution in [0, 0.1) is 17.3 Å². The Morgan fingerprint density at radius 3 is 2.55 bits per heavy atom. The number of hydrogen-bond donors (Lipinski definition) is 3. The number of aromatic nitrogens is 2. The molecule has 5 rings (SSSR count). The standard InChI is InChI=1S/C28H37Cl2N5O3/c1-16(22-7-6-20(29)9-24(22)30)32-25-23(17(2)36)12-31-27(33-25)35-14-19(15-35)18-5-4-8-34(13-18)21-10-28(3,11-21)26(37)38/h6-7,9,12,16-19,21,36H,4-5,8,10-11,13-15H2,1-3H3,(H,37,38)(H,31,32,33)/t16-,17?,18+,21?,28?/m1/s1. The zero-order valence-electron chi connectivity index (χ0n) is 22.2. The third kappa shape index (κ3) is 5.46. The first-order valence-corrected chi connectivity index (χ1v) is 14.3. The first-order valence-electron chi connectivity index (χ1n) is 13.5. The van der Waals surface area contributed by atoms with Crippen LogP contribution in [0.25, 0.3) is 0 Å². The number of aliphatic hydroxyl groups excluding tert-OH is 1. The van der Waals surface area contributed by atoms with E-state index in [9.17, 15) is 15.0 Å². The van der Waals surface area contributed by atoms with Crippen LogP contribution in [0.4, 0.5) is 11.8 Å². The number of halogens is 2. The summed E-state index contributed by atoms with van der Waals surface area (Å²) in [5.41, 5.74) is 0.982. The fourth-order valence-corrected chi connectivity index (χ4v) is 6.81. The Balaban J connectivity index is 1.22. The van der Waals surface area contributed by atoms with Gasteiger partial charge in [-0.05, 0) is 82.5 Å². The Hall–Kier alpha value is -2.13. The molecule has 0 radical (unpaired) electrons. The van der Waals surface area contributed by atoms with Crippen molar-refractivity contribution in [3.63, 3.8) is 0 Å². The summed E-state index contributed by atoms with van der Waals surface area (Å²) < 4.78 is 0. The van der Waals surface area contributed by atoms with Gasteiger partial charge in [0.1, 0.15) is 5.82 Å². The summed E-state index contributed by atoms with van der Waals surface area (Å²) in [6.07, 6.45) is 4.88. The molecule has 3 heterocycles. The van der Waals surface area contributed by atoms with Gasteiger partial charge in [0, 0.05) is 47.5 Å². The number of aliphatic carboxylic acids is 1. The minimum absolute atomic E-state index is 0.146. The van der Waals surface area contributed by atoms with Gasteiger partial charge in [-0.1, -0.05) is 29.3 Å². The molecule has 1 aromatic carbocycles. The maximum absolute atomic E-state index is 11.5. The van der Waals surface area contributed by atoms with Crippen molar-refractivity contribution in [1.82, 2.24) is 14.9 Å². The lowest BCUT2D eigenvalue weighted by Crippen LogP contribution is -2.58. The van der Waals surface area contributed by atoms with Crippen molar-refractivity contribution in [3.8, 4) is 0 Å². The summed E-state index contributed by atoms with van der Waals surface area (Å²) in [5, 5.41) is 24.4. The Labute approximate surface area is 234 Å². The Bertz CT molecular complexity index is 1180. The van der Waals surface area contributed by atoms with Crippen LogP contribution in [0.1, 0.15) is 69.7 Å². The molecule has 1 aliphatic carbocycles. The van der Waals surface area contributed by atoms with Gasteiger partial charge >= 0.3 is 5.97 Å². The Morgan fingerprint density at radius 1 is 1.16 bits per heavy atom. The highest BCUT2D eigenvalue weighted by atomic mass is 35.5. The quantitative estimate of drug-likeness (QED) is 0.393. The fourth-order valence-electron chi connectivity index (χ4n) is 6.24. The van der Waals surface area contributed by atoms with Crippen LogP contribution in [0.2, 0.25) is 10.0 Å². The van der Waals surface area contributed by atoms with Crippen LogP contribution in [0.15, 0.2) is 24.4 Å². The number of nitrogens with one attached hydrogen (secondary N) is 1. The van der Waals surface area contributed by atoms with E-state index in [0.717, 1.165) is 44.6 Å². The number of carboxylic acid groups (broad SMARTS) is 1. The average molecular weight is 563 g/mol. The largest absolute Gasteiger partial charge is 0.481 e. The molecule has 3 atom stereocenters. The highest BCUT2D eigenvalue weighted by molar-refractivity contribution is 6.35. The molecule has 3 aliphatic rings. The third-order valence-corrected chi connectivity index (χ3v) is 9.35. The van der Waals surface area contributed by atoms with Gasteiger partial charge in [0.15, 0.2) is 0 Å². The smallest absolute Gasteiger partial charge is 0.309 e. The SMILES string of the molecule is CC(O)c1cnc(N2CC([C@H]3CCCN(C4CC(C)(C(=O)O)C4)C3)C2)nc1N[C@H](C)c1ccc(Cl)cc1Cl. The monoisotopic (exact) mass is 561 g/mol. The van der Waals surface area contributed by atoms with Crippen LogP contribution >= 0.6 is 23.2 Å². The predicted molar refractivity (Wildman–Crippen MR) is 150 cm³/mol. The molecule has 38 heavy (non-hydrogen) atoms. The van der Waals surface area contributed by atoms with Crippen LogP contribution in [-0.4, -0.2) is 63.3 Å². The van der Waals surface area contributed by atoms with E-state index < -0.39 is 17.5 Å². The number of rotatable bonds is 8. The van der Waals surface area contributed by atoms with Crippen molar-refractivity contribution in [1.29, 1.82) is 0 Å². The number of benzene rings is 1. The highest BCUT2D eigenvalue weighted by Crippen LogP contribution is 2.45. The summed E-state index contributed by atoms with van der Waals surface area (Å²) in [6, 6.07) is 5.68. The van der Waals surface area contributed by atoms with Crippen LogP contribution in [-0.2, 0) is 4.79 Å². The summed E-state index contributed by atoms with van der Waals surface area (Å²) in [6.45, 7) is 9.50. The molecule has 0 amide bonds. The van der Waals surface area contributed by atoms with Gasteiger partial charge < -0.3 is 25.3 Å². The number of aliphatic hydroxyl groups is 1. The maximum Gasteiger partial charge on any atom is 0.309 e. The van der Waals surface area contributed by atoms with Crippen molar-refractivity contribution >= 4 is 40.9 Å². The summed E-state index contributed by atoms with van der Waals surface area (Å²) in [4.78, 5) is 25.6. The molecule has 0 spiro atoms. The van der Waals surface area contributed by atoms with Gasteiger partial charge in [-0.25, -0.2) is 4.98 Å². The highest BCUT2D eigenvalue weighted by Gasteiger charge is 2.49. The number of anilines is 2. The lowest BCUT2D eigenvalue weighted by molar-refractivity contribution is -0.158. The number of hydrogen-bond acceptors (Lipinski definition) is 7. The summed E-state index contributed by atoms with van der Waals surface area (Å²) in [7, 11) is 0. The van der Waals surface area contributed by atoms with E-state index in [1.807, 2.05) is 26.0 Å². The normalized spacial score (nSPS) is 27.8. The predicted octanol–water partition coefficient (Wildman–Crippen LogP) is 5.41. The molecule has 8 nitrogen and oxygen atoms in total. The second kappa shape index (κ2) is 10.8. The lowest BCUT2D eigenvalue weighted by Gasteiger charge is -2.52. The van der Waals surface area contributed by atoms with Gasteiger partial charge in [0.2, 0.25) is 5.95 Å². The van der Waals surface area contributed by atoms with E-state index in [2.05, 4.69) is 20.1 Å². The molecule has 1 unspecified atom stereocenters. The molecule has 3 fully saturated rings. The second-order valence-electron chi connectivity index (χ2n) is 11.7. The maximum atomic E-state index is 11.5. The van der Waals surface area contributed by atoms with Gasteiger partial charge in [-0.2, -0.15) is 4.98 Å². The number of piperidine rings is 1. The number of carboxylic acids is 1. The topological polar surface area (TPSA) is 102 Å². The molecular formula is C28H37Cl2N5O3. The minimum Gasteiger partial charge on any atom is -0.481 e. The number of nitrogens with zero attached hydrogens (tertiary/aromatic N) is 4. The molecular weight excluding hydrogens is 525 g/mol. The molecule has 3 N–H and O–H groups in total. The molecule has 1 saturated carbocycles. The second-order valence-corrected chi connectivity index (χ2v) is 12.5. The molecule has 1 aromatic heterocycles. The average Bonchev–Trinajstić information content (AvgIpc) is 2.81. The fraction of sp³-hybridized carbons (Fsp3) is 0.607. The van der Waals surface area contributed by atoms with Gasteiger partial charge in [-0.15, -0.1) is 0 Å². The van der Waals surface area contributed by atoms with Crippen molar-refractivity contribution in [3.05, 3.63) is 45.6 Å². The third-order valence-electron chi connectivity index (χ3n) is 8.79. The molecule has 2 aliphatic heterocycles. The van der Waals surface area contributed by atoms with Crippen molar-refractivity contribution in [2.75, 3.05) is 36.4 Å². The van der Waals surface area contributed by atoms with Gasteiger partial charge in [-0.3, -0.25) is 4.79 Å². The van der Waals surface area contributed by atoms with Gasteiger partial charge in [0.05, 0.1) is 17.6 Å². The number of carbonyl (C=O) groups is 1. The van der Waals surface area contributed by atoms with Gasteiger partial charge in [0.25, 0.3) is 0 Å². The summed E-state index contributed by atoms with van der Waals surface area (Å²) in [5.74, 6) is 1.77. The van der Waals surface area contributed by atoms with Crippen molar-refractivity contribution in [2.45, 2.75) is 64.6 Å². The van der Waals surface area contributed by atoms with E-state index in [1.54, 1.807) is 19.2 Å². The van der Waals surface area contributed by atoms with Crippen LogP contribution in [0.3, 0.4) is 0 Å². The zero-order valence-corrected chi connectivity index (χ0v) is 23.7. The van der Waals surface area contributed by atoms with E-state index in [1.165, 1.54) is 12.8 Å². The molecule has 2 saturated heterocycles. The molecule has 10 heteroatoms. The lowest BCUT2D eigenvalue weighted by atomic mass is 9.65. The minimum atomic E-state index is -0.716. The molecule has 206 valence electrons. The first-order chi connectivity index (χ1) is 18.0. The van der Waals surface area contributed by atoms with Crippen molar-refractivity contribution < 1.29 is 15.0 Å². The van der Waals surface area contributed by atoms with Crippen molar-refractivity contribution in [2.24, 2.45) is 17.3 Å². The number of likely N-dealkylation sites (tertiary alicyclic amines) is 1. The van der Waals surface area contributed by atoms with E-state index in [0.29, 0.717) is 45.3 Å². The first kappa shape index (κ1) is 27.4. The van der Waals surface area contributed by atoms with Crippen LogP contribution < -0.4 is 10.2 Å². The van der Waals surface area contributed by atoms with E-state index in [-0.39, 0.29) is 6.04 Å². The van der Waals surface area contributed by atoms with Crippen LogP contribution in [0.5, 0.6) is 0 Å². The van der Waals surface area contributed by atoms with E-state index in [4.69, 9.17) is 28.2 Å².